The zero-order chi connectivity index (χ0) is 38.1. The highest BCUT2D eigenvalue weighted by atomic mass is 31.2. The standard InChI is InChI=1S/C37H73O7P.C3H8O3.2H3N/c1-3-5-7-9-11-13-15-17-19-20-22-24-26-28-30-32-37(38)44-36(35-43-45(39,40)41)34-42-33-31-29-27-25-23-21-18-16-14-12-10-8-6-4-2;4-1-3(6)2-5;;/h17,19,36H,3-16,18,20-35H2,1-2H3,(H2,39,40,41);3-6H,1-2H2;2*1H3/b19-17-;;;/t36-;;;/m1.../s1. The first-order valence-corrected chi connectivity index (χ1v) is 22.1. The van der Waals surface area contributed by atoms with E-state index in [1.54, 1.807) is 0 Å². The first-order chi connectivity index (χ1) is 24.7. The number of unbranched alkanes of at least 4 members (excludes halogenated alkanes) is 24. The van der Waals surface area contributed by atoms with Crippen LogP contribution in [0.1, 0.15) is 194 Å². The molecule has 0 aliphatic carbocycles. The molecule has 0 saturated heterocycles. The van der Waals surface area contributed by atoms with Crippen LogP contribution >= 0.6 is 7.82 Å². The van der Waals surface area contributed by atoms with Crippen LogP contribution in [-0.2, 0) is 23.4 Å². The third-order valence-electron chi connectivity index (χ3n) is 8.73. The number of phosphoric ester groups is 1. The number of allylic oxidation sites excluding steroid dienone is 2. The normalized spacial score (nSPS) is 11.9. The van der Waals surface area contributed by atoms with Crippen LogP contribution in [0.3, 0.4) is 0 Å². The Bertz CT molecular complexity index is 785. The molecule has 322 valence electrons. The van der Waals surface area contributed by atoms with E-state index in [-0.39, 0.29) is 38.5 Å². The molecule has 0 radical (unpaired) electrons. The van der Waals surface area contributed by atoms with Gasteiger partial charge in [0.05, 0.1) is 34.3 Å². The van der Waals surface area contributed by atoms with Crippen molar-refractivity contribution in [2.75, 3.05) is 33.0 Å². The van der Waals surface area contributed by atoms with Gasteiger partial charge < -0.3 is 56.0 Å². The van der Waals surface area contributed by atoms with E-state index < -0.39 is 32.6 Å². The maximum absolute atomic E-state index is 12.3. The van der Waals surface area contributed by atoms with Crippen LogP contribution in [0.25, 0.3) is 0 Å². The van der Waals surface area contributed by atoms with Crippen molar-refractivity contribution in [1.82, 2.24) is 12.3 Å². The molecule has 0 fully saturated rings. The Morgan fingerprint density at radius 3 is 1.36 bits per heavy atom. The number of hydrogen-bond acceptors (Lipinski definition) is 10. The third kappa shape index (κ3) is 53.2. The first-order valence-electron chi connectivity index (χ1n) is 20.7. The molecule has 1 atom stereocenters. The monoisotopic (exact) mass is 787 g/mol. The smallest absolute Gasteiger partial charge is 0.306 e. The summed E-state index contributed by atoms with van der Waals surface area (Å²) in [6.07, 6.45) is 36.3. The van der Waals surface area contributed by atoms with Gasteiger partial charge in [0.1, 0.15) is 12.2 Å². The van der Waals surface area contributed by atoms with E-state index >= 15 is 0 Å². The second-order valence-electron chi connectivity index (χ2n) is 13.9. The molecular weight excluding hydrogens is 699 g/mol. The van der Waals surface area contributed by atoms with E-state index in [1.807, 2.05) is 0 Å². The Morgan fingerprint density at radius 1 is 0.604 bits per heavy atom. The highest BCUT2D eigenvalue weighted by Gasteiger charge is 2.16. The number of esters is 1. The summed E-state index contributed by atoms with van der Waals surface area (Å²) in [6.45, 7) is 3.81. The summed E-state index contributed by atoms with van der Waals surface area (Å²) in [5.74, 6) is -0.409. The van der Waals surface area contributed by atoms with Crippen molar-refractivity contribution in [2.24, 2.45) is 0 Å². The first kappa shape index (κ1) is 58.8. The second kappa shape index (κ2) is 47.2. The molecule has 0 bridgehead atoms. The van der Waals surface area contributed by atoms with Gasteiger partial charge in [-0.3, -0.25) is 4.79 Å². The van der Waals surface area contributed by atoms with Crippen LogP contribution in [0.5, 0.6) is 0 Å². The molecule has 0 saturated carbocycles. The molecule has 53 heavy (non-hydrogen) atoms. The van der Waals surface area contributed by atoms with Crippen LogP contribution < -0.4 is 22.1 Å². The van der Waals surface area contributed by atoms with Crippen molar-refractivity contribution < 1.29 is 48.5 Å². The van der Waals surface area contributed by atoms with Crippen LogP contribution in [0.4, 0.5) is 0 Å². The second-order valence-corrected chi connectivity index (χ2v) is 15.0. The van der Waals surface area contributed by atoms with Crippen molar-refractivity contribution in [3.05, 3.63) is 12.2 Å². The Balaban J connectivity index is -0.00000137. The molecule has 0 aromatic heterocycles. The fraction of sp³-hybridized carbons (Fsp3) is 0.925. The van der Waals surface area contributed by atoms with Crippen LogP contribution in [0.15, 0.2) is 12.2 Å². The van der Waals surface area contributed by atoms with E-state index in [1.165, 1.54) is 122 Å². The molecule has 0 aliphatic heterocycles. The molecular formula is C40H87N2O10P. The zero-order valence-corrected chi connectivity index (χ0v) is 35.7. The molecule has 0 aromatic carbocycles. The van der Waals surface area contributed by atoms with Gasteiger partial charge >= 0.3 is 5.97 Å². The number of aliphatic hydroxyl groups is 3. The molecule has 0 aliphatic rings. The summed E-state index contributed by atoms with van der Waals surface area (Å²) < 4.78 is 26.4. The quantitative estimate of drug-likeness (QED) is 0.0172. The lowest BCUT2D eigenvalue weighted by molar-refractivity contribution is -0.343. The number of rotatable bonds is 38. The van der Waals surface area contributed by atoms with Gasteiger partial charge in [0.2, 0.25) is 0 Å². The van der Waals surface area contributed by atoms with Gasteiger partial charge in [0, 0.05) is 13.0 Å². The Hall–Kier alpha value is -0.920. The van der Waals surface area contributed by atoms with E-state index in [0.29, 0.717) is 6.61 Å². The van der Waals surface area contributed by atoms with Gasteiger partial charge in [-0.05, 0) is 38.5 Å². The Kier molecular flexibility index (Phi) is 52.4. The van der Waals surface area contributed by atoms with E-state index in [0.717, 1.165) is 51.4 Å². The molecule has 12 nitrogen and oxygen atoms in total. The van der Waals surface area contributed by atoms with Gasteiger partial charge in [-0.1, -0.05) is 161 Å². The van der Waals surface area contributed by atoms with E-state index in [2.05, 4.69) is 30.5 Å². The van der Waals surface area contributed by atoms with Gasteiger partial charge in [-0.15, -0.1) is 0 Å². The summed E-state index contributed by atoms with van der Waals surface area (Å²) in [6, 6.07) is 0. The maximum atomic E-state index is 12.3. The predicted molar refractivity (Wildman–Crippen MR) is 216 cm³/mol. The number of carbonyl (C=O) groups is 1. The summed E-state index contributed by atoms with van der Waals surface area (Å²) >= 11 is 0. The average Bonchev–Trinajstić information content (AvgIpc) is 3.11. The van der Waals surface area contributed by atoms with Gasteiger partial charge in [-0.2, -0.15) is 0 Å². The largest absolute Gasteiger partial charge is 0.790 e. The lowest BCUT2D eigenvalue weighted by Gasteiger charge is -2.30. The number of phosphoric acid groups is 1. The predicted octanol–water partition coefficient (Wildman–Crippen LogP) is 9.36. The molecule has 0 unspecified atom stereocenters. The number of hydrogen-bond donors (Lipinski definition) is 5. The summed E-state index contributed by atoms with van der Waals surface area (Å²) in [5, 5.41) is 24.0. The fourth-order valence-electron chi connectivity index (χ4n) is 5.55. The highest BCUT2D eigenvalue weighted by Crippen LogP contribution is 2.25. The summed E-state index contributed by atoms with van der Waals surface area (Å²) in [4.78, 5) is 34.2. The van der Waals surface area contributed by atoms with Crippen molar-refractivity contribution in [2.45, 2.75) is 206 Å². The Morgan fingerprint density at radius 2 is 0.981 bits per heavy atom. The number of ether oxygens (including phenoxy) is 2. The molecule has 0 heterocycles. The lowest BCUT2D eigenvalue weighted by atomic mass is 10.0. The summed E-state index contributed by atoms with van der Waals surface area (Å²) in [5.41, 5.74) is 0. The minimum Gasteiger partial charge on any atom is -0.790 e. The number of quaternary nitrogens is 2. The van der Waals surface area contributed by atoms with E-state index in [9.17, 15) is 19.1 Å². The SMILES string of the molecule is CCCCCCCC/C=C\CCCCCCCC(=O)O[C@H](COCCCCCCCCCCCCCCCC)COP(=O)([O-])[O-].OCC(O)CO.[NH4+].[NH4+]. The van der Waals surface area contributed by atoms with Crippen LogP contribution in [-0.4, -0.2) is 66.5 Å². The molecule has 13 heteroatoms. The maximum Gasteiger partial charge on any atom is 0.306 e. The third-order valence-corrected chi connectivity index (χ3v) is 9.19. The van der Waals surface area contributed by atoms with Gasteiger partial charge in [0.15, 0.2) is 0 Å². The zero-order valence-electron chi connectivity index (χ0n) is 34.8. The van der Waals surface area contributed by atoms with Gasteiger partial charge in [-0.25, -0.2) is 0 Å². The molecule has 11 N–H and O–H groups in total. The molecule has 0 rings (SSSR count). The van der Waals surface area contributed by atoms with Crippen molar-refractivity contribution >= 4 is 13.8 Å². The van der Waals surface area contributed by atoms with Crippen molar-refractivity contribution in [3.63, 3.8) is 0 Å². The topological polar surface area (TPSA) is 242 Å². The van der Waals surface area contributed by atoms with E-state index in [4.69, 9.17) is 24.8 Å². The van der Waals surface area contributed by atoms with Gasteiger partial charge in [0.25, 0.3) is 0 Å². The van der Waals surface area contributed by atoms with Crippen LogP contribution in [0, 0.1) is 0 Å². The summed E-state index contributed by atoms with van der Waals surface area (Å²) in [7, 11) is -5.14. The van der Waals surface area contributed by atoms with Crippen LogP contribution in [0.2, 0.25) is 0 Å². The minimum atomic E-state index is -5.14. The van der Waals surface area contributed by atoms with Crippen molar-refractivity contribution in [1.29, 1.82) is 0 Å². The molecule has 0 spiro atoms. The Labute approximate surface area is 325 Å². The lowest BCUT2D eigenvalue weighted by Crippen LogP contribution is -2.30. The number of aliphatic hydroxyl groups excluding tert-OH is 3. The highest BCUT2D eigenvalue weighted by molar-refractivity contribution is 7.43. The molecule has 0 amide bonds. The number of carbonyl (C=O) groups excluding carboxylic acids is 1. The fourth-order valence-corrected chi connectivity index (χ4v) is 5.90. The minimum absolute atomic E-state index is 0. The van der Waals surface area contributed by atoms with Crippen molar-refractivity contribution in [3.8, 4) is 0 Å². The average molecular weight is 787 g/mol. The molecule has 0 aromatic rings.